The molecule has 3 aromatic rings. The predicted octanol–water partition coefficient (Wildman–Crippen LogP) is 3.35. The van der Waals surface area contributed by atoms with Crippen molar-refractivity contribution in [3.05, 3.63) is 84.2 Å². The molecule has 1 heterocycles. The summed E-state index contributed by atoms with van der Waals surface area (Å²) in [6, 6.07) is 17.0. The van der Waals surface area contributed by atoms with E-state index in [2.05, 4.69) is 5.32 Å². The monoisotopic (exact) mass is 555 g/mol. The Morgan fingerprint density at radius 1 is 0.974 bits per heavy atom. The zero-order valence-electron chi connectivity index (χ0n) is 21.7. The smallest absolute Gasteiger partial charge is 0.264 e. The average Bonchev–Trinajstić information content (AvgIpc) is 2.95. The second kappa shape index (κ2) is 12.2. The van der Waals surface area contributed by atoms with Gasteiger partial charge in [-0.05, 0) is 55.8 Å². The van der Waals surface area contributed by atoms with Gasteiger partial charge < -0.3 is 19.7 Å². The van der Waals surface area contributed by atoms with Crippen molar-refractivity contribution in [3.63, 3.8) is 0 Å². The number of amides is 2. The average molecular weight is 556 g/mol. The van der Waals surface area contributed by atoms with Gasteiger partial charge in [0.05, 0.1) is 10.6 Å². The molecule has 39 heavy (non-hydrogen) atoms. The third-order valence-electron chi connectivity index (χ3n) is 6.21. The molecule has 1 atom stereocenters. The normalized spacial score (nSPS) is 13.3. The molecule has 0 aliphatic carbocycles. The minimum atomic E-state index is -4.20. The number of hydrogen-bond acceptors (Lipinski definition) is 6. The first-order valence-corrected chi connectivity index (χ1v) is 13.9. The van der Waals surface area contributed by atoms with Gasteiger partial charge in [-0.15, -0.1) is 0 Å². The lowest BCUT2D eigenvalue weighted by molar-refractivity contribution is -0.139. The fraction of sp³-hybridized carbons (Fsp3) is 0.286. The fourth-order valence-corrected chi connectivity index (χ4v) is 5.55. The summed E-state index contributed by atoms with van der Waals surface area (Å²) in [6.07, 6.45) is 0. The maximum atomic E-state index is 13.8. The van der Waals surface area contributed by atoms with Crippen LogP contribution in [0.15, 0.2) is 77.7 Å². The molecular weight excluding hydrogens is 525 g/mol. The number of sulfonamides is 1. The molecule has 0 aromatic heterocycles. The summed E-state index contributed by atoms with van der Waals surface area (Å²) in [6.45, 7) is 3.72. The number of likely N-dealkylation sites (N-methyl/N-ethyl adjacent to an activating group) is 1. The van der Waals surface area contributed by atoms with Crippen LogP contribution in [0.25, 0.3) is 0 Å². The van der Waals surface area contributed by atoms with Crippen LogP contribution >= 0.6 is 0 Å². The molecule has 0 unspecified atom stereocenters. The summed E-state index contributed by atoms with van der Waals surface area (Å²) >= 11 is 0. The standard InChI is InChI=1S/C28H30FN3O6S/c1-3-30-28(34)20(2)31(18-21-9-11-22(29)12-10-21)27(33)19-32(39(35,36)24-7-5-4-6-8-24)23-13-14-25-26(17-23)38-16-15-37-25/h4-14,17,20H,3,15-16,18-19H2,1-2H3,(H,30,34)/t20-/m1/s1. The van der Waals surface area contributed by atoms with E-state index in [9.17, 15) is 22.4 Å². The van der Waals surface area contributed by atoms with Crippen LogP contribution in [0, 0.1) is 5.82 Å². The van der Waals surface area contributed by atoms with Crippen molar-refractivity contribution >= 4 is 27.5 Å². The molecule has 2 amide bonds. The first kappa shape index (κ1) is 27.9. The summed E-state index contributed by atoms with van der Waals surface area (Å²) < 4.78 is 53.4. The molecule has 0 radical (unpaired) electrons. The predicted molar refractivity (Wildman–Crippen MR) is 144 cm³/mol. The van der Waals surface area contributed by atoms with E-state index in [4.69, 9.17) is 9.47 Å². The molecule has 9 nitrogen and oxygen atoms in total. The van der Waals surface area contributed by atoms with Gasteiger partial charge in [0.15, 0.2) is 11.5 Å². The number of rotatable bonds is 10. The molecule has 0 saturated heterocycles. The van der Waals surface area contributed by atoms with Gasteiger partial charge in [0, 0.05) is 19.2 Å². The largest absolute Gasteiger partial charge is 0.486 e. The van der Waals surface area contributed by atoms with Crippen LogP contribution in [0.1, 0.15) is 19.4 Å². The molecule has 1 aliphatic heterocycles. The maximum absolute atomic E-state index is 13.8. The molecule has 0 fully saturated rings. The third kappa shape index (κ3) is 6.48. The molecule has 0 saturated carbocycles. The van der Waals surface area contributed by atoms with E-state index >= 15 is 0 Å². The lowest BCUT2D eigenvalue weighted by Gasteiger charge is -2.32. The Hall–Kier alpha value is -4.12. The van der Waals surface area contributed by atoms with Gasteiger partial charge in [-0.2, -0.15) is 0 Å². The van der Waals surface area contributed by atoms with Crippen LogP contribution < -0.4 is 19.1 Å². The Labute approximate surface area is 227 Å². The van der Waals surface area contributed by atoms with Crippen molar-refractivity contribution in [1.29, 1.82) is 0 Å². The molecule has 1 aliphatic rings. The molecule has 3 aromatic carbocycles. The van der Waals surface area contributed by atoms with E-state index in [1.807, 2.05) is 0 Å². The quantitative estimate of drug-likeness (QED) is 0.412. The van der Waals surface area contributed by atoms with E-state index in [-0.39, 0.29) is 17.1 Å². The second-order valence-electron chi connectivity index (χ2n) is 8.87. The first-order valence-electron chi connectivity index (χ1n) is 12.5. The van der Waals surface area contributed by atoms with Gasteiger partial charge in [-0.3, -0.25) is 13.9 Å². The highest BCUT2D eigenvalue weighted by atomic mass is 32.2. The SMILES string of the molecule is CCNC(=O)[C@@H](C)N(Cc1ccc(F)cc1)C(=O)CN(c1ccc2c(c1)OCCO2)S(=O)(=O)c1ccccc1. The van der Waals surface area contributed by atoms with Gasteiger partial charge in [0.25, 0.3) is 10.0 Å². The number of ether oxygens (including phenoxy) is 2. The Kier molecular flexibility index (Phi) is 8.70. The molecule has 0 bridgehead atoms. The van der Waals surface area contributed by atoms with E-state index in [1.165, 1.54) is 47.4 Å². The maximum Gasteiger partial charge on any atom is 0.264 e. The molecule has 0 spiro atoms. The van der Waals surface area contributed by atoms with Gasteiger partial charge in [-0.1, -0.05) is 30.3 Å². The number of nitrogens with one attached hydrogen (secondary N) is 1. The highest BCUT2D eigenvalue weighted by molar-refractivity contribution is 7.92. The Morgan fingerprint density at radius 2 is 1.64 bits per heavy atom. The lowest BCUT2D eigenvalue weighted by atomic mass is 10.1. The van der Waals surface area contributed by atoms with Crippen LogP contribution in [0.2, 0.25) is 0 Å². The molecule has 1 N–H and O–H groups in total. The minimum Gasteiger partial charge on any atom is -0.486 e. The van der Waals surface area contributed by atoms with Crippen molar-refractivity contribution in [3.8, 4) is 11.5 Å². The summed E-state index contributed by atoms with van der Waals surface area (Å²) in [5.41, 5.74) is 0.779. The number of benzene rings is 3. The fourth-order valence-electron chi connectivity index (χ4n) is 4.13. The van der Waals surface area contributed by atoms with E-state index in [1.54, 1.807) is 44.2 Å². The van der Waals surface area contributed by atoms with Gasteiger partial charge in [-0.25, -0.2) is 12.8 Å². The first-order chi connectivity index (χ1) is 18.7. The van der Waals surface area contributed by atoms with Crippen LogP contribution in [-0.4, -0.2) is 57.5 Å². The zero-order chi connectivity index (χ0) is 28.0. The highest BCUT2D eigenvalue weighted by Crippen LogP contribution is 2.36. The van der Waals surface area contributed by atoms with Crippen molar-refractivity contribution in [2.24, 2.45) is 0 Å². The number of carbonyl (C=O) groups excluding carboxylic acids is 2. The summed E-state index contributed by atoms with van der Waals surface area (Å²) in [4.78, 5) is 27.8. The number of anilines is 1. The van der Waals surface area contributed by atoms with Gasteiger partial charge >= 0.3 is 0 Å². The number of carbonyl (C=O) groups is 2. The Bertz CT molecular complexity index is 1420. The van der Waals surface area contributed by atoms with Crippen LogP contribution in [0.3, 0.4) is 0 Å². The Balaban J connectivity index is 1.73. The lowest BCUT2D eigenvalue weighted by Crippen LogP contribution is -2.51. The summed E-state index contributed by atoms with van der Waals surface area (Å²) in [7, 11) is -4.20. The van der Waals surface area contributed by atoms with Gasteiger partial charge in [0.1, 0.15) is 31.6 Å². The van der Waals surface area contributed by atoms with Crippen LogP contribution in [0.5, 0.6) is 11.5 Å². The number of fused-ring (bicyclic) bond motifs is 1. The summed E-state index contributed by atoms with van der Waals surface area (Å²) in [5, 5.41) is 2.70. The third-order valence-corrected chi connectivity index (χ3v) is 8.00. The summed E-state index contributed by atoms with van der Waals surface area (Å²) in [5.74, 6) is -0.626. The second-order valence-corrected chi connectivity index (χ2v) is 10.7. The van der Waals surface area contributed by atoms with Crippen molar-refractivity contribution in [2.75, 3.05) is 30.6 Å². The number of halogens is 1. The topological polar surface area (TPSA) is 105 Å². The van der Waals surface area contributed by atoms with Crippen molar-refractivity contribution in [2.45, 2.75) is 31.3 Å². The van der Waals surface area contributed by atoms with Crippen LogP contribution in [0.4, 0.5) is 10.1 Å². The highest BCUT2D eigenvalue weighted by Gasteiger charge is 2.33. The Morgan fingerprint density at radius 3 is 2.31 bits per heavy atom. The van der Waals surface area contributed by atoms with Crippen molar-refractivity contribution < 1.29 is 31.9 Å². The van der Waals surface area contributed by atoms with E-state index in [0.29, 0.717) is 36.8 Å². The minimum absolute atomic E-state index is 0.00505. The molecule has 11 heteroatoms. The van der Waals surface area contributed by atoms with E-state index in [0.717, 1.165) is 4.31 Å². The van der Waals surface area contributed by atoms with Crippen molar-refractivity contribution in [1.82, 2.24) is 10.2 Å². The van der Waals surface area contributed by atoms with E-state index < -0.39 is 40.2 Å². The van der Waals surface area contributed by atoms with Gasteiger partial charge in [0.2, 0.25) is 11.8 Å². The van der Waals surface area contributed by atoms with Crippen LogP contribution in [-0.2, 0) is 26.2 Å². The number of nitrogens with zero attached hydrogens (tertiary/aromatic N) is 2. The number of hydrogen-bond donors (Lipinski definition) is 1. The zero-order valence-corrected chi connectivity index (χ0v) is 22.5. The molecular formula is C28H30FN3O6S. The molecule has 4 rings (SSSR count). The molecule has 206 valence electrons.